The number of aryl methyl sites for hydroxylation is 1. The molecule has 0 aliphatic carbocycles. The van der Waals surface area contributed by atoms with E-state index in [1.807, 2.05) is 30.4 Å². The Bertz CT molecular complexity index is 529. The second kappa shape index (κ2) is 5.10. The Morgan fingerprint density at radius 3 is 2.88 bits per heavy atom. The van der Waals surface area contributed by atoms with Gasteiger partial charge in [0.15, 0.2) is 0 Å². The Kier molecular flexibility index (Phi) is 3.54. The number of aromatic nitrogens is 1. The van der Waals surface area contributed by atoms with E-state index in [4.69, 9.17) is 0 Å². The summed E-state index contributed by atoms with van der Waals surface area (Å²) in [6, 6.07) is 8.34. The maximum Gasteiger partial charge on any atom is 0.211 e. The molecule has 0 aliphatic rings. The van der Waals surface area contributed by atoms with Gasteiger partial charge in [-0.05, 0) is 13.0 Å². The zero-order valence-electron chi connectivity index (χ0n) is 10.2. The van der Waals surface area contributed by atoms with E-state index in [0.717, 1.165) is 16.4 Å². The molecule has 0 saturated carbocycles. The molecule has 1 aromatic heterocycles. The predicted octanol–water partition coefficient (Wildman–Crippen LogP) is 3.34. The van der Waals surface area contributed by atoms with Gasteiger partial charge in [-0.1, -0.05) is 23.8 Å². The molecule has 1 aromatic carbocycles. The summed E-state index contributed by atoms with van der Waals surface area (Å²) in [5.41, 5.74) is 3.38. The van der Waals surface area contributed by atoms with Crippen molar-refractivity contribution < 1.29 is 0 Å². The van der Waals surface area contributed by atoms with Gasteiger partial charge in [0, 0.05) is 25.0 Å². The molecule has 2 rings (SSSR count). The lowest BCUT2D eigenvalue weighted by molar-refractivity contribution is 0.643. The van der Waals surface area contributed by atoms with Gasteiger partial charge in [0.05, 0.1) is 12.0 Å². The molecule has 88 valence electrons. The zero-order valence-corrected chi connectivity index (χ0v) is 11.0. The highest BCUT2D eigenvalue weighted by atomic mass is 32.1. The summed E-state index contributed by atoms with van der Waals surface area (Å²) in [7, 11) is 3.89. The fourth-order valence-corrected chi connectivity index (χ4v) is 2.09. The van der Waals surface area contributed by atoms with E-state index in [1.165, 1.54) is 5.56 Å². The second-order valence-corrected chi connectivity index (χ2v) is 4.93. The SMILES string of the molecule is Cc1cccc(-c2csc(/N=C/N(C)C)n2)c1. The lowest BCUT2D eigenvalue weighted by Gasteiger charge is -2.00. The third-order valence-corrected chi connectivity index (χ3v) is 2.95. The monoisotopic (exact) mass is 245 g/mol. The van der Waals surface area contributed by atoms with Crippen LogP contribution in [0.4, 0.5) is 5.13 Å². The van der Waals surface area contributed by atoms with Crippen molar-refractivity contribution >= 4 is 22.8 Å². The lowest BCUT2D eigenvalue weighted by Crippen LogP contribution is -2.06. The Morgan fingerprint density at radius 1 is 1.35 bits per heavy atom. The van der Waals surface area contributed by atoms with Gasteiger partial charge >= 0.3 is 0 Å². The molecule has 17 heavy (non-hydrogen) atoms. The second-order valence-electron chi connectivity index (χ2n) is 4.09. The number of benzene rings is 1. The van der Waals surface area contributed by atoms with Gasteiger partial charge < -0.3 is 4.90 Å². The molecule has 0 spiro atoms. The van der Waals surface area contributed by atoms with Crippen LogP contribution in [-0.4, -0.2) is 30.3 Å². The van der Waals surface area contributed by atoms with Gasteiger partial charge in [0.25, 0.3) is 0 Å². The van der Waals surface area contributed by atoms with Crippen molar-refractivity contribution in [2.24, 2.45) is 4.99 Å². The highest BCUT2D eigenvalue weighted by Crippen LogP contribution is 2.26. The third kappa shape index (κ3) is 3.14. The van der Waals surface area contributed by atoms with Crippen molar-refractivity contribution in [3.63, 3.8) is 0 Å². The summed E-state index contributed by atoms with van der Waals surface area (Å²) >= 11 is 1.56. The Balaban J connectivity index is 2.24. The molecule has 0 bridgehead atoms. The van der Waals surface area contributed by atoms with Gasteiger partial charge in [-0.3, -0.25) is 0 Å². The summed E-state index contributed by atoms with van der Waals surface area (Å²) in [6.45, 7) is 2.08. The molecule has 0 saturated heterocycles. The molecule has 0 amide bonds. The van der Waals surface area contributed by atoms with Crippen LogP contribution in [0.1, 0.15) is 5.56 Å². The van der Waals surface area contributed by atoms with Gasteiger partial charge in [-0.15, -0.1) is 11.3 Å². The molecule has 1 heterocycles. The summed E-state index contributed by atoms with van der Waals surface area (Å²) in [6.07, 6.45) is 1.76. The van der Waals surface area contributed by atoms with Crippen LogP contribution in [0, 0.1) is 6.92 Å². The van der Waals surface area contributed by atoms with Crippen LogP contribution in [0.3, 0.4) is 0 Å². The smallest absolute Gasteiger partial charge is 0.211 e. The molecule has 0 atom stereocenters. The van der Waals surface area contributed by atoms with Crippen molar-refractivity contribution in [2.45, 2.75) is 6.92 Å². The standard InChI is InChI=1S/C13H15N3S/c1-10-5-4-6-11(7-10)12-8-17-13(15-12)14-9-16(2)3/h4-9H,1-3H3/b14-9+. The first kappa shape index (κ1) is 11.8. The first-order valence-corrected chi connectivity index (χ1v) is 6.26. The largest absolute Gasteiger partial charge is 0.369 e. The average molecular weight is 245 g/mol. The minimum Gasteiger partial charge on any atom is -0.369 e. The molecule has 0 unspecified atom stereocenters. The maximum atomic E-state index is 4.49. The van der Waals surface area contributed by atoms with E-state index in [9.17, 15) is 0 Å². The van der Waals surface area contributed by atoms with E-state index in [1.54, 1.807) is 17.7 Å². The van der Waals surface area contributed by atoms with Crippen molar-refractivity contribution in [1.82, 2.24) is 9.88 Å². The predicted molar refractivity (Wildman–Crippen MR) is 74.1 cm³/mol. The van der Waals surface area contributed by atoms with Gasteiger partial charge in [0.2, 0.25) is 5.13 Å². The lowest BCUT2D eigenvalue weighted by atomic mass is 10.1. The van der Waals surface area contributed by atoms with E-state index in [-0.39, 0.29) is 0 Å². The van der Waals surface area contributed by atoms with Crippen LogP contribution in [0.25, 0.3) is 11.3 Å². The van der Waals surface area contributed by atoms with E-state index in [0.29, 0.717) is 0 Å². The van der Waals surface area contributed by atoms with Crippen LogP contribution in [0.15, 0.2) is 34.6 Å². The zero-order chi connectivity index (χ0) is 12.3. The maximum absolute atomic E-state index is 4.49. The summed E-state index contributed by atoms with van der Waals surface area (Å²) in [5, 5.41) is 2.83. The number of rotatable bonds is 3. The third-order valence-electron chi connectivity index (χ3n) is 2.21. The molecule has 2 aromatic rings. The van der Waals surface area contributed by atoms with Crippen molar-refractivity contribution in [1.29, 1.82) is 0 Å². The van der Waals surface area contributed by atoms with E-state index in [2.05, 4.69) is 35.1 Å². The number of hydrogen-bond donors (Lipinski definition) is 0. The highest BCUT2D eigenvalue weighted by molar-refractivity contribution is 7.13. The molecule has 0 radical (unpaired) electrons. The molecular weight excluding hydrogens is 230 g/mol. The van der Waals surface area contributed by atoms with E-state index >= 15 is 0 Å². The summed E-state index contributed by atoms with van der Waals surface area (Å²) < 4.78 is 0. The molecule has 0 fully saturated rings. The van der Waals surface area contributed by atoms with E-state index < -0.39 is 0 Å². The summed E-state index contributed by atoms with van der Waals surface area (Å²) in [4.78, 5) is 10.7. The fraction of sp³-hybridized carbons (Fsp3) is 0.231. The van der Waals surface area contributed by atoms with Crippen LogP contribution in [0.5, 0.6) is 0 Å². The normalized spacial score (nSPS) is 11.0. The minimum atomic E-state index is 0.787. The first-order chi connectivity index (χ1) is 8.15. The van der Waals surface area contributed by atoms with Crippen molar-refractivity contribution in [3.05, 3.63) is 35.2 Å². The fourth-order valence-electron chi connectivity index (χ4n) is 1.43. The average Bonchev–Trinajstić information content (AvgIpc) is 2.75. The number of nitrogens with zero attached hydrogens (tertiary/aromatic N) is 3. The molecular formula is C13H15N3S. The van der Waals surface area contributed by atoms with Crippen LogP contribution >= 0.6 is 11.3 Å². The molecule has 0 N–H and O–H groups in total. The van der Waals surface area contributed by atoms with Gasteiger partial charge in [-0.2, -0.15) is 0 Å². The van der Waals surface area contributed by atoms with Crippen LogP contribution < -0.4 is 0 Å². The van der Waals surface area contributed by atoms with Gasteiger partial charge in [0.1, 0.15) is 0 Å². The van der Waals surface area contributed by atoms with Crippen molar-refractivity contribution in [3.8, 4) is 11.3 Å². The Morgan fingerprint density at radius 2 is 2.18 bits per heavy atom. The molecule has 4 heteroatoms. The first-order valence-electron chi connectivity index (χ1n) is 5.38. The molecule has 3 nitrogen and oxygen atoms in total. The van der Waals surface area contributed by atoms with Crippen LogP contribution in [0.2, 0.25) is 0 Å². The minimum absolute atomic E-state index is 0.787. The summed E-state index contributed by atoms with van der Waals surface area (Å²) in [5.74, 6) is 0. The number of thiazole rings is 1. The highest BCUT2D eigenvalue weighted by Gasteiger charge is 2.03. The number of aliphatic imine (C=N–C) groups is 1. The van der Waals surface area contributed by atoms with Gasteiger partial charge in [-0.25, -0.2) is 9.98 Å². The Labute approximate surface area is 105 Å². The quantitative estimate of drug-likeness (QED) is 0.613. The Hall–Kier alpha value is -1.68. The van der Waals surface area contributed by atoms with Crippen LogP contribution in [-0.2, 0) is 0 Å². The number of hydrogen-bond acceptors (Lipinski definition) is 3. The molecule has 0 aliphatic heterocycles. The topological polar surface area (TPSA) is 28.5 Å². The van der Waals surface area contributed by atoms with Crippen molar-refractivity contribution in [2.75, 3.05) is 14.1 Å².